The maximum absolute atomic E-state index is 14.6. The Morgan fingerprint density at radius 2 is 1.77 bits per heavy atom. The van der Waals surface area contributed by atoms with Gasteiger partial charge in [0.15, 0.2) is 0 Å². The Balaban J connectivity index is 1.25. The summed E-state index contributed by atoms with van der Waals surface area (Å²) in [4.78, 5) is 24.3. The number of nitrogens with zero attached hydrogens (tertiary/aromatic N) is 3. The number of halogens is 1. The minimum atomic E-state index is -3.44. The summed E-state index contributed by atoms with van der Waals surface area (Å²) in [5.41, 5.74) is 7.21. The molecule has 1 amide bonds. The van der Waals surface area contributed by atoms with Crippen LogP contribution < -0.4 is 10.0 Å². The van der Waals surface area contributed by atoms with Crippen molar-refractivity contribution in [1.29, 1.82) is 0 Å². The number of nitrogens with one attached hydrogen (secondary N) is 4. The van der Waals surface area contributed by atoms with Crippen molar-refractivity contribution in [3.8, 4) is 33.6 Å². The van der Waals surface area contributed by atoms with E-state index in [0.717, 1.165) is 57.7 Å². The molecule has 10 nitrogen and oxygen atoms in total. The fourth-order valence-electron chi connectivity index (χ4n) is 5.19. The third kappa shape index (κ3) is 5.62. The van der Waals surface area contributed by atoms with E-state index in [4.69, 9.17) is 0 Å². The normalized spacial score (nSPS) is 13.5. The predicted octanol–water partition coefficient (Wildman–Crippen LogP) is 5.37. The number of hydrogen-bond donors (Lipinski definition) is 4. The monoisotopic (exact) mass is 595 g/mol. The number of aromatic nitrogens is 5. The molecule has 7 rings (SSSR count). The van der Waals surface area contributed by atoms with Crippen molar-refractivity contribution in [1.82, 2.24) is 29.9 Å². The van der Waals surface area contributed by atoms with Crippen LogP contribution in [0.25, 0.3) is 55.4 Å². The number of anilines is 1. The van der Waals surface area contributed by atoms with Gasteiger partial charge in [0.25, 0.3) is 0 Å². The summed E-state index contributed by atoms with van der Waals surface area (Å²) >= 11 is 0. The largest absolute Gasteiger partial charge is 0.352 e. The minimum absolute atomic E-state index is 0.0271. The molecule has 1 aliphatic carbocycles. The number of carbonyl (C=O) groups excluding carboxylic acids is 1. The molecule has 1 saturated carbocycles. The molecular formula is C31H26FN7O3S. The molecule has 4 heterocycles. The Labute approximate surface area is 245 Å². The summed E-state index contributed by atoms with van der Waals surface area (Å²) in [6.45, 7) is -0.0295. The van der Waals surface area contributed by atoms with E-state index >= 15 is 0 Å². The molecule has 1 aliphatic rings. The molecule has 4 aromatic heterocycles. The summed E-state index contributed by atoms with van der Waals surface area (Å²) in [5, 5.41) is 12.3. The second-order valence-electron chi connectivity index (χ2n) is 10.8. The number of hydrogen-bond acceptors (Lipinski definition) is 6. The van der Waals surface area contributed by atoms with E-state index < -0.39 is 15.8 Å². The SMILES string of the molecule is CS(=O)(=O)NCc1cc(F)cc(-c2cncc3[nH]c(-c4n[nH]c5ccc(-c6cncc(NC(=O)C7CC7)c6)cc45)cc23)c1. The van der Waals surface area contributed by atoms with Crippen LogP contribution in [0, 0.1) is 11.7 Å². The van der Waals surface area contributed by atoms with Gasteiger partial charge in [-0.1, -0.05) is 6.07 Å². The van der Waals surface area contributed by atoms with Crippen LogP contribution >= 0.6 is 0 Å². The van der Waals surface area contributed by atoms with Gasteiger partial charge in [-0.15, -0.1) is 0 Å². The number of aromatic amines is 2. The minimum Gasteiger partial charge on any atom is -0.352 e. The smallest absolute Gasteiger partial charge is 0.227 e. The molecule has 0 atom stereocenters. The number of rotatable bonds is 8. The average Bonchev–Trinajstić information content (AvgIpc) is 3.61. The third-order valence-electron chi connectivity index (χ3n) is 7.46. The summed E-state index contributed by atoms with van der Waals surface area (Å²) in [7, 11) is -3.44. The maximum Gasteiger partial charge on any atom is 0.227 e. The molecule has 6 aromatic rings. The number of carbonyl (C=O) groups is 1. The van der Waals surface area contributed by atoms with Crippen molar-refractivity contribution < 1.29 is 17.6 Å². The van der Waals surface area contributed by atoms with Crippen molar-refractivity contribution >= 4 is 43.4 Å². The van der Waals surface area contributed by atoms with Crippen LogP contribution in [0.15, 0.2) is 73.3 Å². The standard InChI is InChI=1S/C31H26FN7O3S/c1-43(41,42)35-12-17-6-20(8-22(32)7-17)26-15-34-16-29-24(26)11-28(37-29)30-25-10-19(4-5-27(25)38-39-30)21-9-23(14-33-13-21)36-31(40)18-2-3-18/h4-11,13-16,18,35,37H,2-3,12H2,1H3,(H,36,40)(H,38,39). The second kappa shape index (κ2) is 10.4. The topological polar surface area (TPSA) is 146 Å². The van der Waals surface area contributed by atoms with Crippen LogP contribution in [0.3, 0.4) is 0 Å². The maximum atomic E-state index is 14.6. The van der Waals surface area contributed by atoms with Gasteiger partial charge in [-0.05, 0) is 72.0 Å². The third-order valence-corrected chi connectivity index (χ3v) is 8.13. The molecular weight excluding hydrogens is 569 g/mol. The van der Waals surface area contributed by atoms with Crippen LogP contribution in [0.2, 0.25) is 0 Å². The van der Waals surface area contributed by atoms with Crippen LogP contribution in [0.5, 0.6) is 0 Å². The summed E-state index contributed by atoms with van der Waals surface area (Å²) < 4.78 is 40.1. The van der Waals surface area contributed by atoms with Gasteiger partial charge >= 0.3 is 0 Å². The molecule has 0 bridgehead atoms. The number of benzene rings is 2. The Morgan fingerprint density at radius 3 is 2.58 bits per heavy atom. The van der Waals surface area contributed by atoms with Crippen molar-refractivity contribution in [3.63, 3.8) is 0 Å². The van der Waals surface area contributed by atoms with Gasteiger partial charge in [-0.2, -0.15) is 5.10 Å². The van der Waals surface area contributed by atoms with Crippen molar-refractivity contribution in [3.05, 3.63) is 84.7 Å². The highest BCUT2D eigenvalue weighted by Crippen LogP contribution is 2.36. The van der Waals surface area contributed by atoms with E-state index in [1.807, 2.05) is 30.3 Å². The molecule has 4 N–H and O–H groups in total. The molecule has 0 aliphatic heterocycles. The van der Waals surface area contributed by atoms with E-state index in [-0.39, 0.29) is 18.4 Å². The van der Waals surface area contributed by atoms with Gasteiger partial charge in [-0.3, -0.25) is 19.9 Å². The van der Waals surface area contributed by atoms with E-state index in [9.17, 15) is 17.6 Å². The van der Waals surface area contributed by atoms with Crippen LogP contribution in [0.1, 0.15) is 18.4 Å². The molecule has 0 spiro atoms. The number of fused-ring (bicyclic) bond motifs is 2. The molecule has 216 valence electrons. The summed E-state index contributed by atoms with van der Waals surface area (Å²) in [5.74, 6) is -0.355. The summed E-state index contributed by atoms with van der Waals surface area (Å²) in [6, 6.07) is 14.3. The lowest BCUT2D eigenvalue weighted by Crippen LogP contribution is -2.21. The van der Waals surface area contributed by atoms with Crippen molar-refractivity contribution in [2.75, 3.05) is 11.6 Å². The van der Waals surface area contributed by atoms with Gasteiger partial charge in [0, 0.05) is 46.8 Å². The number of pyridine rings is 2. The quantitative estimate of drug-likeness (QED) is 0.186. The number of H-pyrrole nitrogens is 2. The Kier molecular flexibility index (Phi) is 6.51. The first-order valence-corrected chi connectivity index (χ1v) is 15.6. The van der Waals surface area contributed by atoms with Crippen LogP contribution in [-0.4, -0.2) is 45.7 Å². The molecule has 43 heavy (non-hydrogen) atoms. The van der Waals surface area contributed by atoms with E-state index in [2.05, 4.69) is 35.2 Å². The zero-order valence-corrected chi connectivity index (χ0v) is 23.8. The lowest BCUT2D eigenvalue weighted by atomic mass is 10.0. The van der Waals surface area contributed by atoms with Gasteiger partial charge in [0.2, 0.25) is 15.9 Å². The lowest BCUT2D eigenvalue weighted by molar-refractivity contribution is -0.117. The average molecular weight is 596 g/mol. The lowest BCUT2D eigenvalue weighted by Gasteiger charge is -2.08. The Bertz CT molecular complexity index is 2150. The number of amides is 1. The highest BCUT2D eigenvalue weighted by atomic mass is 32.2. The molecule has 0 saturated heterocycles. The van der Waals surface area contributed by atoms with E-state index in [1.54, 1.807) is 30.9 Å². The molecule has 12 heteroatoms. The molecule has 2 aromatic carbocycles. The fraction of sp³-hybridized carbons (Fsp3) is 0.161. The van der Waals surface area contributed by atoms with Gasteiger partial charge in [0.05, 0.1) is 41.1 Å². The number of sulfonamides is 1. The molecule has 0 radical (unpaired) electrons. The second-order valence-corrected chi connectivity index (χ2v) is 12.7. The fourth-order valence-corrected chi connectivity index (χ4v) is 5.61. The summed E-state index contributed by atoms with van der Waals surface area (Å²) in [6.07, 6.45) is 9.67. The predicted molar refractivity (Wildman–Crippen MR) is 163 cm³/mol. The highest BCUT2D eigenvalue weighted by molar-refractivity contribution is 7.88. The van der Waals surface area contributed by atoms with Crippen molar-refractivity contribution in [2.45, 2.75) is 19.4 Å². The Morgan fingerprint density at radius 1 is 0.930 bits per heavy atom. The Hall–Kier alpha value is -4.94. The van der Waals surface area contributed by atoms with Crippen LogP contribution in [-0.2, 0) is 21.4 Å². The zero-order chi connectivity index (χ0) is 29.7. The van der Waals surface area contributed by atoms with Gasteiger partial charge in [-0.25, -0.2) is 17.5 Å². The zero-order valence-electron chi connectivity index (χ0n) is 23.0. The van der Waals surface area contributed by atoms with Crippen LogP contribution in [0.4, 0.5) is 10.1 Å². The van der Waals surface area contributed by atoms with E-state index in [1.165, 1.54) is 12.1 Å². The first-order valence-electron chi connectivity index (χ1n) is 13.7. The van der Waals surface area contributed by atoms with Gasteiger partial charge in [0.1, 0.15) is 11.5 Å². The molecule has 1 fully saturated rings. The highest BCUT2D eigenvalue weighted by Gasteiger charge is 2.29. The molecule has 0 unspecified atom stereocenters. The van der Waals surface area contributed by atoms with Gasteiger partial charge < -0.3 is 10.3 Å². The van der Waals surface area contributed by atoms with E-state index in [0.29, 0.717) is 28.1 Å². The first-order chi connectivity index (χ1) is 20.7. The first kappa shape index (κ1) is 26.9. The van der Waals surface area contributed by atoms with Crippen molar-refractivity contribution in [2.24, 2.45) is 5.92 Å².